The highest BCUT2D eigenvalue weighted by atomic mass is 16.5. The summed E-state index contributed by atoms with van der Waals surface area (Å²) in [7, 11) is 0. The number of likely N-dealkylation sites (tertiary alicyclic amines) is 1. The van der Waals surface area contributed by atoms with Crippen LogP contribution in [0, 0.1) is 25.7 Å². The van der Waals surface area contributed by atoms with Gasteiger partial charge in [-0.1, -0.05) is 72.8 Å². The quantitative estimate of drug-likeness (QED) is 0.384. The Bertz CT molecular complexity index is 1730. The fourth-order valence-electron chi connectivity index (χ4n) is 7.99. The molecule has 0 aromatic heterocycles. The van der Waals surface area contributed by atoms with Crippen molar-refractivity contribution in [1.82, 2.24) is 4.90 Å². The first-order valence-electron chi connectivity index (χ1n) is 16.2. The number of aliphatic hydroxyl groups is 1. The fraction of sp³-hybridized carbons (Fsp3) is 0.342. The Hall–Kier alpha value is -4.73. The van der Waals surface area contributed by atoms with E-state index in [4.69, 9.17) is 9.47 Å². The Kier molecular flexibility index (Phi) is 7.98. The van der Waals surface area contributed by atoms with Crippen LogP contribution in [-0.2, 0) is 19.1 Å². The fourth-order valence-corrected chi connectivity index (χ4v) is 7.99. The van der Waals surface area contributed by atoms with E-state index >= 15 is 4.79 Å². The van der Waals surface area contributed by atoms with Crippen molar-refractivity contribution in [2.45, 2.75) is 44.6 Å². The van der Waals surface area contributed by atoms with E-state index in [1.54, 1.807) is 9.80 Å². The zero-order valence-electron chi connectivity index (χ0n) is 26.8. The summed E-state index contributed by atoms with van der Waals surface area (Å²) in [5.74, 6) is -2.13. The van der Waals surface area contributed by atoms with E-state index in [9.17, 15) is 14.7 Å². The number of aliphatic hydroxyl groups excluding tert-OH is 1. The molecule has 3 aromatic carbocycles. The lowest BCUT2D eigenvalue weighted by molar-refractivity contribution is -0.144. The highest BCUT2D eigenvalue weighted by molar-refractivity contribution is 6.08. The van der Waals surface area contributed by atoms with Crippen LogP contribution in [0.1, 0.15) is 29.7 Å². The molecule has 1 N–H and O–H groups in total. The number of benzene rings is 3. The average Bonchev–Trinajstić information content (AvgIpc) is 3.39. The minimum atomic E-state index is -1.43. The number of ether oxygens (including phenoxy) is 2. The van der Waals surface area contributed by atoms with Gasteiger partial charge in [0.15, 0.2) is 0 Å². The number of aryl methyl sites for hydroxylation is 2. The van der Waals surface area contributed by atoms with Crippen molar-refractivity contribution in [2.24, 2.45) is 11.8 Å². The Morgan fingerprint density at radius 1 is 0.872 bits per heavy atom. The zero-order chi connectivity index (χ0) is 32.9. The summed E-state index contributed by atoms with van der Waals surface area (Å²) in [5, 5.41) is 10.8. The van der Waals surface area contributed by atoms with Crippen molar-refractivity contribution in [3.8, 4) is 5.75 Å². The first-order valence-corrected chi connectivity index (χ1v) is 16.2. The van der Waals surface area contributed by atoms with Crippen LogP contribution in [0.3, 0.4) is 0 Å². The van der Waals surface area contributed by atoms with E-state index in [2.05, 4.69) is 0 Å². The molecule has 47 heavy (non-hydrogen) atoms. The van der Waals surface area contributed by atoms with Gasteiger partial charge in [0.05, 0.1) is 37.2 Å². The third-order valence-electron chi connectivity index (χ3n) is 9.96. The lowest BCUT2D eigenvalue weighted by Gasteiger charge is -2.39. The molecule has 4 heterocycles. The smallest absolute Gasteiger partial charge is 0.253 e. The summed E-state index contributed by atoms with van der Waals surface area (Å²) < 4.78 is 12.5. The molecule has 0 bridgehead atoms. The standard InChI is InChI=1S/C38H39N3O6/c1-4-46-28-18-16-27(17-19-28)39-21-9-15-30-31(35(39)43)32-36(44)41(29(23-42)26-13-6-5-7-14-26)34-37(45)40(22-10-20-38(32,34)47-30)33-24(2)11-8-12-25(33)3/h5-20,29-32,34,42H,4,21-23H2,1-3H3/t29-,30-,31+,32+,34?,38+/m1/s1. The summed E-state index contributed by atoms with van der Waals surface area (Å²) in [6.45, 7) is 6.54. The molecule has 242 valence electrons. The number of carbonyl (C=O) groups excluding carboxylic acids is 3. The van der Waals surface area contributed by atoms with Crippen LogP contribution in [0.15, 0.2) is 97.1 Å². The second-order valence-corrected chi connectivity index (χ2v) is 12.6. The molecule has 4 aliphatic rings. The molecule has 3 amide bonds. The maximum Gasteiger partial charge on any atom is 0.253 e. The summed E-state index contributed by atoms with van der Waals surface area (Å²) in [6, 6.07) is 20.5. The molecule has 2 fully saturated rings. The number of fused-ring (bicyclic) bond motifs is 2. The average molecular weight is 634 g/mol. The predicted octanol–water partition coefficient (Wildman–Crippen LogP) is 4.52. The van der Waals surface area contributed by atoms with Crippen LogP contribution in [-0.4, -0.2) is 71.8 Å². The molecule has 0 saturated carbocycles. The first-order chi connectivity index (χ1) is 22.8. The van der Waals surface area contributed by atoms with Gasteiger partial charge in [-0.3, -0.25) is 14.4 Å². The summed E-state index contributed by atoms with van der Waals surface area (Å²) in [6.07, 6.45) is 6.74. The van der Waals surface area contributed by atoms with Gasteiger partial charge in [0.25, 0.3) is 5.91 Å². The van der Waals surface area contributed by atoms with Crippen LogP contribution < -0.4 is 14.5 Å². The van der Waals surface area contributed by atoms with Gasteiger partial charge in [0.2, 0.25) is 11.8 Å². The lowest BCUT2D eigenvalue weighted by atomic mass is 9.77. The molecular weight excluding hydrogens is 594 g/mol. The Labute approximate surface area is 274 Å². The predicted molar refractivity (Wildman–Crippen MR) is 178 cm³/mol. The highest BCUT2D eigenvalue weighted by Gasteiger charge is 2.72. The van der Waals surface area contributed by atoms with Crippen molar-refractivity contribution in [1.29, 1.82) is 0 Å². The van der Waals surface area contributed by atoms with E-state index in [1.165, 1.54) is 4.90 Å². The molecule has 9 nitrogen and oxygen atoms in total. The van der Waals surface area contributed by atoms with Gasteiger partial charge >= 0.3 is 0 Å². The van der Waals surface area contributed by atoms with Crippen LogP contribution in [0.2, 0.25) is 0 Å². The summed E-state index contributed by atoms with van der Waals surface area (Å²) in [4.78, 5) is 49.4. The van der Waals surface area contributed by atoms with Crippen molar-refractivity contribution >= 4 is 29.1 Å². The number of amides is 3. The highest BCUT2D eigenvalue weighted by Crippen LogP contribution is 2.55. The molecule has 9 heteroatoms. The number of para-hydroxylation sites is 1. The van der Waals surface area contributed by atoms with Crippen molar-refractivity contribution in [3.05, 3.63) is 114 Å². The minimum Gasteiger partial charge on any atom is -0.494 e. The van der Waals surface area contributed by atoms with Crippen LogP contribution in [0.5, 0.6) is 5.75 Å². The maximum atomic E-state index is 15.0. The van der Waals surface area contributed by atoms with Gasteiger partial charge < -0.3 is 29.3 Å². The number of hydrogen-bond acceptors (Lipinski definition) is 6. The maximum absolute atomic E-state index is 15.0. The normalized spacial score (nSPS) is 27.3. The second-order valence-electron chi connectivity index (χ2n) is 12.6. The van der Waals surface area contributed by atoms with E-state index < -0.39 is 42.2 Å². The molecule has 0 aliphatic carbocycles. The summed E-state index contributed by atoms with van der Waals surface area (Å²) >= 11 is 0. The number of hydrogen-bond donors (Lipinski definition) is 1. The molecular formula is C38H39N3O6. The minimum absolute atomic E-state index is 0.253. The Balaban J connectivity index is 1.35. The monoisotopic (exact) mass is 633 g/mol. The molecule has 0 radical (unpaired) electrons. The van der Waals surface area contributed by atoms with Crippen LogP contribution in [0.4, 0.5) is 11.4 Å². The van der Waals surface area contributed by atoms with Gasteiger partial charge in [-0.05, 0) is 61.7 Å². The Morgan fingerprint density at radius 3 is 2.26 bits per heavy atom. The topological polar surface area (TPSA) is 99.6 Å². The number of nitrogens with zero attached hydrogens (tertiary/aromatic N) is 3. The van der Waals surface area contributed by atoms with Gasteiger partial charge in [-0.2, -0.15) is 0 Å². The van der Waals surface area contributed by atoms with Crippen molar-refractivity contribution < 1.29 is 29.0 Å². The van der Waals surface area contributed by atoms with E-state index in [0.717, 1.165) is 16.8 Å². The van der Waals surface area contributed by atoms with Crippen LogP contribution >= 0.6 is 0 Å². The molecule has 4 aliphatic heterocycles. The SMILES string of the molecule is CCOc1ccc(N2CC=C[C@H]3O[C@]45C=CCN(c6c(C)cccc6C)C(=O)C4N([C@H](CO)c4ccccc4)C(=O)[C@@H]5[C@H]3C2=O)cc1. The molecule has 3 aromatic rings. The van der Waals surface area contributed by atoms with Gasteiger partial charge in [-0.25, -0.2) is 0 Å². The third kappa shape index (κ3) is 4.87. The first kappa shape index (κ1) is 30.9. The molecule has 6 atom stereocenters. The van der Waals surface area contributed by atoms with Crippen molar-refractivity contribution in [2.75, 3.05) is 36.1 Å². The molecule has 7 rings (SSSR count). The Morgan fingerprint density at radius 2 is 1.57 bits per heavy atom. The summed E-state index contributed by atoms with van der Waals surface area (Å²) in [5.41, 5.74) is 2.57. The van der Waals surface area contributed by atoms with Gasteiger partial charge in [-0.15, -0.1) is 0 Å². The third-order valence-corrected chi connectivity index (χ3v) is 9.96. The van der Waals surface area contributed by atoms with Crippen molar-refractivity contribution in [3.63, 3.8) is 0 Å². The van der Waals surface area contributed by atoms with E-state index in [1.807, 2.05) is 118 Å². The molecule has 1 spiro atoms. The zero-order valence-corrected chi connectivity index (χ0v) is 26.8. The lowest BCUT2D eigenvalue weighted by Crippen LogP contribution is -2.56. The van der Waals surface area contributed by atoms with Gasteiger partial charge in [0, 0.05) is 24.5 Å². The largest absolute Gasteiger partial charge is 0.494 e. The number of rotatable bonds is 7. The molecule has 2 saturated heterocycles. The second kappa shape index (κ2) is 12.1. The number of anilines is 2. The van der Waals surface area contributed by atoms with E-state index in [0.29, 0.717) is 30.2 Å². The molecule has 1 unspecified atom stereocenters. The van der Waals surface area contributed by atoms with Crippen LogP contribution in [0.25, 0.3) is 0 Å². The van der Waals surface area contributed by atoms with Gasteiger partial charge in [0.1, 0.15) is 17.4 Å². The number of carbonyl (C=O) groups is 3. The van der Waals surface area contributed by atoms with E-state index in [-0.39, 0.29) is 24.3 Å².